The van der Waals surface area contributed by atoms with Gasteiger partial charge in [-0.3, -0.25) is 4.79 Å². The number of Topliss-reactive ketones (excluding diaryl/α,β-unsaturated/α-hetero) is 1. The Morgan fingerprint density at radius 2 is 1.52 bits per heavy atom. The largest absolute Gasteiger partial charge is 0.494 e. The van der Waals surface area contributed by atoms with Gasteiger partial charge in [-0.15, -0.1) is 0 Å². The summed E-state index contributed by atoms with van der Waals surface area (Å²) in [6, 6.07) is 33.4. The molecule has 4 aromatic carbocycles. The lowest BCUT2D eigenvalue weighted by Crippen LogP contribution is -2.62. The van der Waals surface area contributed by atoms with E-state index in [0.717, 1.165) is 33.6 Å². The summed E-state index contributed by atoms with van der Waals surface area (Å²) in [5.41, 5.74) is 2.26. The molecule has 0 saturated carbocycles. The molecule has 2 saturated heterocycles. The van der Waals surface area contributed by atoms with Gasteiger partial charge in [0.2, 0.25) is 0 Å². The van der Waals surface area contributed by atoms with E-state index < -0.39 is 30.0 Å². The van der Waals surface area contributed by atoms with Crippen LogP contribution >= 0.6 is 11.6 Å². The molecule has 1 N–H and O–H groups in total. The molecule has 0 aromatic heterocycles. The van der Waals surface area contributed by atoms with Crippen LogP contribution in [0, 0.1) is 0 Å². The number of ether oxygens (including phenoxy) is 4. The Bertz CT molecular complexity index is 1560. The van der Waals surface area contributed by atoms with Crippen LogP contribution in [0.5, 0.6) is 5.75 Å². The van der Waals surface area contributed by atoms with E-state index in [-0.39, 0.29) is 18.8 Å². The van der Waals surface area contributed by atoms with Crippen LogP contribution in [0.25, 0.3) is 0 Å². The highest BCUT2D eigenvalue weighted by Crippen LogP contribution is 2.54. The molecule has 0 spiro atoms. The van der Waals surface area contributed by atoms with E-state index in [1.54, 1.807) is 0 Å². The lowest BCUT2D eigenvalue weighted by atomic mass is 9.82. The third-order valence-corrected chi connectivity index (χ3v) is 9.01. The second-order valence-corrected chi connectivity index (χ2v) is 12.0. The predicted molar refractivity (Wildman–Crippen MR) is 169 cm³/mol. The molecule has 2 fully saturated rings. The number of aliphatic hydroxyl groups is 1. The van der Waals surface area contributed by atoms with Crippen molar-refractivity contribution >= 4 is 17.4 Å². The highest BCUT2D eigenvalue weighted by atomic mass is 35.5. The number of hydrogen-bond donors (Lipinski definition) is 1. The Morgan fingerprint density at radius 3 is 2.16 bits per heavy atom. The number of fused-ring (bicyclic) bond motifs is 2. The summed E-state index contributed by atoms with van der Waals surface area (Å²) in [7, 11) is 0. The number of aliphatic hydroxyl groups excluding tert-OH is 1. The van der Waals surface area contributed by atoms with Gasteiger partial charge in [0.15, 0.2) is 11.4 Å². The number of halogens is 1. The zero-order valence-corrected chi connectivity index (χ0v) is 25.5. The molecule has 1 unspecified atom stereocenters. The van der Waals surface area contributed by atoms with Crippen LogP contribution in [0.2, 0.25) is 5.02 Å². The van der Waals surface area contributed by atoms with Crippen molar-refractivity contribution < 1.29 is 28.8 Å². The summed E-state index contributed by atoms with van der Waals surface area (Å²) in [5.74, 6) is 0.632. The van der Waals surface area contributed by atoms with E-state index >= 15 is 0 Å². The zero-order chi connectivity index (χ0) is 30.6. The number of rotatable bonds is 12. The summed E-state index contributed by atoms with van der Waals surface area (Å²) in [6.45, 7) is 2.66. The standard InChI is InChI=1S/C37H37ClO6/c1-2-41-31-16-13-26(14-17-31)19-29-20-30(15-18-32(29)38)36-21-33(42-23-27-9-5-3-6-10-27)35(37(25-39,44-36)34(40)22-36)43-24-28-11-7-4-8-12-28/h3-18,20,33,35,39H,2,19,21-25H2,1H3/t33?,35-,36-,37-/m0/s1. The highest BCUT2D eigenvalue weighted by molar-refractivity contribution is 6.31. The topological polar surface area (TPSA) is 74.2 Å². The van der Waals surface area contributed by atoms with E-state index in [0.29, 0.717) is 31.1 Å². The van der Waals surface area contributed by atoms with Crippen LogP contribution in [-0.2, 0) is 44.2 Å². The van der Waals surface area contributed by atoms with Crippen LogP contribution in [0.3, 0.4) is 0 Å². The Kier molecular flexibility index (Phi) is 9.17. The molecule has 6 rings (SSSR count). The molecule has 0 radical (unpaired) electrons. The fourth-order valence-electron chi connectivity index (χ4n) is 6.41. The third-order valence-electron chi connectivity index (χ3n) is 8.64. The Balaban J connectivity index is 1.32. The molecule has 7 heteroatoms. The van der Waals surface area contributed by atoms with Crippen LogP contribution < -0.4 is 4.74 Å². The molecule has 2 aliphatic rings. The molecule has 2 bridgehead atoms. The third kappa shape index (κ3) is 6.19. The Labute approximate surface area is 263 Å². The van der Waals surface area contributed by atoms with Gasteiger partial charge < -0.3 is 24.1 Å². The molecule has 44 heavy (non-hydrogen) atoms. The molecule has 228 valence electrons. The van der Waals surface area contributed by atoms with E-state index in [1.807, 2.05) is 110 Å². The van der Waals surface area contributed by atoms with Crippen LogP contribution in [0.15, 0.2) is 103 Å². The molecule has 0 aliphatic carbocycles. The average molecular weight is 613 g/mol. The Hall–Kier alpha value is -3.52. The smallest absolute Gasteiger partial charge is 0.179 e. The molecule has 4 aromatic rings. The van der Waals surface area contributed by atoms with Crippen molar-refractivity contribution in [3.8, 4) is 5.75 Å². The van der Waals surface area contributed by atoms with Gasteiger partial charge >= 0.3 is 0 Å². The van der Waals surface area contributed by atoms with Crippen LogP contribution in [-0.4, -0.2) is 41.9 Å². The summed E-state index contributed by atoms with van der Waals surface area (Å²) < 4.78 is 25.3. The molecular weight excluding hydrogens is 576 g/mol. The average Bonchev–Trinajstić information content (AvgIpc) is 3.30. The first-order valence-electron chi connectivity index (χ1n) is 15.1. The minimum atomic E-state index is -1.55. The van der Waals surface area contributed by atoms with Crippen molar-refractivity contribution in [3.05, 3.63) is 136 Å². The zero-order valence-electron chi connectivity index (χ0n) is 24.8. The normalized spacial score (nSPS) is 24.4. The molecule has 4 atom stereocenters. The van der Waals surface area contributed by atoms with E-state index in [4.69, 9.17) is 30.5 Å². The number of ketones is 1. The maximum absolute atomic E-state index is 13.9. The fraction of sp³-hybridized carbons (Fsp3) is 0.324. The van der Waals surface area contributed by atoms with E-state index in [9.17, 15) is 9.90 Å². The summed E-state index contributed by atoms with van der Waals surface area (Å²) in [6.07, 6.45) is -0.220. The fourth-order valence-corrected chi connectivity index (χ4v) is 6.60. The summed E-state index contributed by atoms with van der Waals surface area (Å²) in [5, 5.41) is 11.4. The van der Waals surface area contributed by atoms with Gasteiger partial charge in [-0.25, -0.2) is 0 Å². The van der Waals surface area contributed by atoms with Gasteiger partial charge in [-0.05, 0) is 59.4 Å². The van der Waals surface area contributed by atoms with Crippen molar-refractivity contribution in [1.82, 2.24) is 0 Å². The van der Waals surface area contributed by atoms with Gasteiger partial charge in [-0.2, -0.15) is 0 Å². The summed E-state index contributed by atoms with van der Waals surface area (Å²) in [4.78, 5) is 13.9. The van der Waals surface area contributed by atoms with Crippen molar-refractivity contribution in [3.63, 3.8) is 0 Å². The van der Waals surface area contributed by atoms with Crippen molar-refractivity contribution in [2.24, 2.45) is 0 Å². The SMILES string of the molecule is CCOc1ccc(Cc2cc([C@]34CC(=O)[C@](CO)(O3)[C@@H](OCc3ccccc3)C(OCc3ccccc3)C4)ccc2Cl)cc1. The van der Waals surface area contributed by atoms with Crippen molar-refractivity contribution in [2.75, 3.05) is 13.2 Å². The van der Waals surface area contributed by atoms with E-state index in [1.165, 1.54) is 0 Å². The number of hydrogen-bond acceptors (Lipinski definition) is 6. The number of carbonyl (C=O) groups is 1. The van der Waals surface area contributed by atoms with Gasteiger partial charge in [0.05, 0.1) is 32.5 Å². The minimum Gasteiger partial charge on any atom is -0.494 e. The molecular formula is C37H37ClO6. The molecule has 6 nitrogen and oxygen atoms in total. The predicted octanol–water partition coefficient (Wildman–Crippen LogP) is 6.82. The highest BCUT2D eigenvalue weighted by Gasteiger charge is 2.67. The summed E-state index contributed by atoms with van der Waals surface area (Å²) >= 11 is 6.70. The first kappa shape index (κ1) is 30.5. The Morgan fingerprint density at radius 1 is 0.864 bits per heavy atom. The first-order valence-corrected chi connectivity index (χ1v) is 15.5. The van der Waals surface area contributed by atoms with Crippen molar-refractivity contribution in [2.45, 2.75) is 62.8 Å². The second kappa shape index (κ2) is 13.2. The molecule has 0 amide bonds. The number of benzene rings is 4. The number of carbonyl (C=O) groups excluding carboxylic acids is 1. The maximum Gasteiger partial charge on any atom is 0.179 e. The lowest BCUT2D eigenvalue weighted by molar-refractivity contribution is -0.266. The van der Waals surface area contributed by atoms with E-state index in [2.05, 4.69) is 0 Å². The molecule has 2 aliphatic heterocycles. The maximum atomic E-state index is 13.9. The van der Waals surface area contributed by atoms with Gasteiger partial charge in [0, 0.05) is 17.9 Å². The van der Waals surface area contributed by atoms with Gasteiger partial charge in [0.1, 0.15) is 17.5 Å². The minimum absolute atomic E-state index is 0.105. The second-order valence-electron chi connectivity index (χ2n) is 11.6. The van der Waals surface area contributed by atoms with Crippen LogP contribution in [0.1, 0.15) is 47.6 Å². The molecule has 2 heterocycles. The quantitative estimate of drug-likeness (QED) is 0.189. The lowest BCUT2D eigenvalue weighted by Gasteiger charge is -2.47. The van der Waals surface area contributed by atoms with Gasteiger partial charge in [-0.1, -0.05) is 96.5 Å². The first-order chi connectivity index (χ1) is 21.4. The van der Waals surface area contributed by atoms with Crippen LogP contribution in [0.4, 0.5) is 0 Å². The van der Waals surface area contributed by atoms with Gasteiger partial charge in [0.25, 0.3) is 0 Å². The van der Waals surface area contributed by atoms with Crippen molar-refractivity contribution in [1.29, 1.82) is 0 Å². The monoisotopic (exact) mass is 612 g/mol.